The van der Waals surface area contributed by atoms with Crippen LogP contribution in [-0.2, 0) is 138 Å². The lowest BCUT2D eigenvalue weighted by Gasteiger charge is -2.40. The highest BCUT2D eigenvalue weighted by molar-refractivity contribution is 6.13. The molecule has 5 aliphatic rings. The Morgan fingerprint density at radius 3 is 1.10 bits per heavy atom. The molecule has 0 spiro atoms. The van der Waals surface area contributed by atoms with E-state index in [-0.39, 0.29) is 272 Å². The number of hydroxylamine groups is 2. The van der Waals surface area contributed by atoms with Crippen LogP contribution in [0.5, 0.6) is 0 Å². The lowest BCUT2D eigenvalue weighted by molar-refractivity contribution is -0.284. The van der Waals surface area contributed by atoms with Crippen LogP contribution in [0.3, 0.4) is 0 Å². The van der Waals surface area contributed by atoms with Crippen molar-refractivity contribution in [1.82, 2.24) is 36.5 Å². The number of carbonyl (C=O) groups excluding carboxylic acids is 11. The molecule has 47 nitrogen and oxygen atoms in total. The molecule has 0 aliphatic carbocycles. The van der Waals surface area contributed by atoms with Gasteiger partial charge in [0.05, 0.1) is 197 Å². The van der Waals surface area contributed by atoms with E-state index in [9.17, 15) is 98.7 Å². The molecule has 9 amide bonds. The van der Waals surface area contributed by atoms with Crippen molar-refractivity contribution in [3.63, 3.8) is 0 Å². The fourth-order valence-electron chi connectivity index (χ4n) is 13.6. The van der Waals surface area contributed by atoms with Gasteiger partial charge in [0, 0.05) is 126 Å². The molecule has 5 heterocycles. The Bertz CT molecular complexity index is 3080. The van der Waals surface area contributed by atoms with Crippen molar-refractivity contribution in [3.05, 3.63) is 12.2 Å². The molecule has 4 fully saturated rings. The minimum absolute atomic E-state index is 0.0130. The number of nitrogens with two attached hydrogens (primary N) is 1. The number of imide groups is 2. The number of hydrogen-bond donors (Lipinski definition) is 15. The fourth-order valence-corrected chi connectivity index (χ4v) is 13.6. The molecular weight excluding hydrogens is 1760 g/mol. The van der Waals surface area contributed by atoms with E-state index in [1.165, 1.54) is 0 Å². The second kappa shape index (κ2) is 69.1. The van der Waals surface area contributed by atoms with Crippen molar-refractivity contribution >= 4 is 65.1 Å². The maximum atomic E-state index is 14.1. The Morgan fingerprint density at radius 1 is 0.409 bits per heavy atom. The van der Waals surface area contributed by atoms with Crippen LogP contribution in [0.4, 0.5) is 4.79 Å². The molecule has 762 valence electrons. The predicted molar refractivity (Wildman–Crippen MR) is 457 cm³/mol. The molecule has 0 radical (unpaired) electrons. The molecule has 5 rings (SSSR count). The van der Waals surface area contributed by atoms with E-state index < -0.39 is 158 Å². The average molecular weight is 1910 g/mol. The van der Waals surface area contributed by atoms with Gasteiger partial charge < -0.3 is 163 Å². The van der Waals surface area contributed by atoms with E-state index in [4.69, 9.17) is 86.3 Å². The highest BCUT2D eigenvalue weighted by atomic mass is 16.7. The summed E-state index contributed by atoms with van der Waals surface area (Å²) in [6.45, 7) is 10.5. The third-order valence-corrected chi connectivity index (χ3v) is 21.3. The number of ether oxygens (including phenoxy) is 18. The van der Waals surface area contributed by atoms with Gasteiger partial charge in [-0.3, -0.25) is 53.8 Å². The number of rotatable bonds is 74. The lowest BCUT2D eigenvalue weighted by atomic mass is 9.84. The molecule has 0 bridgehead atoms. The van der Waals surface area contributed by atoms with Crippen LogP contribution in [0, 0.1) is 23.2 Å². The summed E-state index contributed by atoms with van der Waals surface area (Å²) in [6, 6.07) is 0. The lowest BCUT2D eigenvalue weighted by Crippen LogP contribution is -2.55. The van der Waals surface area contributed by atoms with Crippen molar-refractivity contribution in [2.45, 2.75) is 223 Å². The van der Waals surface area contributed by atoms with E-state index in [0.29, 0.717) is 24.4 Å². The minimum atomic E-state index is -1.23. The van der Waals surface area contributed by atoms with Gasteiger partial charge in [0.2, 0.25) is 23.6 Å². The second-order valence-electron chi connectivity index (χ2n) is 32.4. The molecule has 5 aliphatic heterocycles. The van der Waals surface area contributed by atoms with Crippen molar-refractivity contribution in [3.8, 4) is 0 Å². The first-order valence-corrected chi connectivity index (χ1v) is 45.4. The average Bonchev–Trinajstić information content (AvgIpc) is 1.09. The van der Waals surface area contributed by atoms with Gasteiger partial charge in [0.1, 0.15) is 49.1 Å². The number of alkyl carbamates (subject to hydrolysis) is 1. The van der Waals surface area contributed by atoms with Gasteiger partial charge in [0.25, 0.3) is 23.6 Å². The quantitative estimate of drug-likeness (QED) is 0.0158. The van der Waals surface area contributed by atoms with E-state index in [1.54, 1.807) is 34.6 Å². The highest BCUT2D eigenvalue weighted by Crippen LogP contribution is 2.31. The predicted octanol–water partition coefficient (Wildman–Crippen LogP) is -3.79. The largest absolute Gasteiger partial charge is 0.434 e. The maximum absolute atomic E-state index is 14.1. The summed E-state index contributed by atoms with van der Waals surface area (Å²) < 4.78 is 102. The van der Waals surface area contributed by atoms with E-state index in [2.05, 4.69) is 36.2 Å². The molecule has 4 saturated heterocycles. The summed E-state index contributed by atoms with van der Waals surface area (Å²) in [6.07, 6.45) is -4.04. The Balaban J connectivity index is 0.00000168. The molecule has 15 unspecified atom stereocenters. The summed E-state index contributed by atoms with van der Waals surface area (Å²) in [5.41, 5.74) is 4.05. The number of Topliss-reactive ketones (excluding diaryl/α,β-unsaturated/α-hetero) is 1. The van der Waals surface area contributed by atoms with Gasteiger partial charge >= 0.3 is 12.1 Å². The molecule has 0 aromatic carbocycles. The topological polar surface area (TPSA) is 638 Å². The van der Waals surface area contributed by atoms with Gasteiger partial charge in [0.15, 0.2) is 24.7 Å². The van der Waals surface area contributed by atoms with E-state index >= 15 is 0 Å². The fraction of sp³-hybridized carbons (Fsp3) is 0.847. The molecule has 15 atom stereocenters. The Kier molecular flexibility index (Phi) is 61.5. The molecule has 16 N–H and O–H groups in total. The van der Waals surface area contributed by atoms with Gasteiger partial charge in [-0.25, -0.2) is 9.59 Å². The Labute approximate surface area is 769 Å². The van der Waals surface area contributed by atoms with Crippen LogP contribution >= 0.6 is 0 Å². The van der Waals surface area contributed by atoms with E-state index in [1.807, 2.05) is 0 Å². The zero-order chi connectivity index (χ0) is 96.9. The normalized spacial score (nSPS) is 23.7. The second-order valence-corrected chi connectivity index (χ2v) is 32.4. The summed E-state index contributed by atoms with van der Waals surface area (Å²) in [5.74, 6) is -6.71. The van der Waals surface area contributed by atoms with Gasteiger partial charge in [-0.1, -0.05) is 59.3 Å². The van der Waals surface area contributed by atoms with Gasteiger partial charge in [-0.05, 0) is 26.7 Å². The van der Waals surface area contributed by atoms with Crippen molar-refractivity contribution in [2.24, 2.45) is 28.9 Å². The van der Waals surface area contributed by atoms with Crippen LogP contribution < -0.4 is 32.3 Å². The van der Waals surface area contributed by atoms with Crippen LogP contribution in [-0.4, -0.2) is 418 Å². The molecule has 0 saturated carbocycles. The zero-order valence-corrected chi connectivity index (χ0v) is 76.9. The maximum Gasteiger partial charge on any atom is 0.408 e. The van der Waals surface area contributed by atoms with Crippen molar-refractivity contribution in [1.29, 1.82) is 0 Å². The number of aliphatic hydroxyl groups excluding tert-OH is 9. The number of ketones is 1. The standard InChI is InChI=1S/C74H138N6O33.C11H10N2O6/c1-52-63(89)66(92)56(45-81)111-69(52)105-41-38-99-35-32-96-27-19-76-60(86)16-24-102-48-74(49-103-25-17-61(87)77-20-28-97-33-36-100-39-42-106-70-53(2)64(90)67(93)57(46-82)112-70,50-104-26-18-62(88)78-21-29-98-34-37-101-40-43-107-71-54(3)65(91)68(94)58(47-83)113-71)44-55(84)14-12-10-8-6-7-9-11-13-15-59(85)79-22-30-109-73(4,5)110-31-23-80-72(95)108-51-75;14-7-1-2-8(15)12(7)6-5-11(18)19-13-9(16)3-4-10(13)17/h52-54,56-58,63-71,81-83,89-94H,6-51,75H2,1-5H3,(H,76,86)(H,77,87)(H,78,88)(H,79,85)(H,80,95);1-2H,3-6H2. The van der Waals surface area contributed by atoms with Crippen molar-refractivity contribution < 1.29 is 189 Å². The van der Waals surface area contributed by atoms with Gasteiger partial charge in [-0.15, -0.1) is 5.06 Å². The minimum Gasteiger partial charge on any atom is -0.434 e. The number of unbranched alkanes of at least 4 members (excludes halogenated alkanes) is 7. The summed E-state index contributed by atoms with van der Waals surface area (Å²) in [5, 5.41) is 104. The smallest absolute Gasteiger partial charge is 0.408 e. The highest BCUT2D eigenvalue weighted by Gasteiger charge is 2.46. The number of nitrogens with one attached hydrogen (secondary N) is 5. The summed E-state index contributed by atoms with van der Waals surface area (Å²) >= 11 is 0. The van der Waals surface area contributed by atoms with Crippen LogP contribution in [0.15, 0.2) is 12.2 Å². The first-order valence-electron chi connectivity index (χ1n) is 45.4. The molecule has 47 heteroatoms. The number of hydrogen-bond acceptors (Lipinski definition) is 40. The first-order chi connectivity index (χ1) is 63.4. The molecular formula is C85H148N8O39. The van der Waals surface area contributed by atoms with Crippen LogP contribution in [0.1, 0.15) is 144 Å². The van der Waals surface area contributed by atoms with Crippen LogP contribution in [0.25, 0.3) is 0 Å². The molecule has 132 heavy (non-hydrogen) atoms. The zero-order valence-electron chi connectivity index (χ0n) is 76.9. The Morgan fingerprint density at radius 2 is 0.735 bits per heavy atom. The third kappa shape index (κ3) is 48.8. The molecule has 0 aromatic rings. The first kappa shape index (κ1) is 118. The number of nitrogens with zero attached hydrogens (tertiary/aromatic N) is 2. The summed E-state index contributed by atoms with van der Waals surface area (Å²) in [7, 11) is 0. The summed E-state index contributed by atoms with van der Waals surface area (Å²) in [4.78, 5) is 139. The van der Waals surface area contributed by atoms with Crippen molar-refractivity contribution in [2.75, 3.05) is 218 Å². The van der Waals surface area contributed by atoms with E-state index in [0.717, 1.165) is 62.0 Å². The van der Waals surface area contributed by atoms with Crippen LogP contribution in [0.2, 0.25) is 0 Å². The third-order valence-electron chi connectivity index (χ3n) is 21.3. The number of amides is 9. The number of aliphatic hydroxyl groups is 9. The number of carbonyl (C=O) groups is 11. The van der Waals surface area contributed by atoms with Gasteiger partial charge in [-0.2, -0.15) is 0 Å². The molecule has 0 aromatic heterocycles. The SMILES string of the molecule is CC1C(OCCOCCOCCNC(=O)CCOCC(COCCC(=O)NCCOCCOCCOC2OC(CO)C(O)C(O)C2C)(COCCC(=O)NCCOCCOCCOC2OC(CO)C(O)C(O)C2C)CC(=O)CCCCCCCCCCC(=O)NCCOC(C)(C)OCCNC(=O)OCN)OC(CO)C(O)C1O.O=C(CCN1C(=O)C=CC1=O)ON1C(=O)CCC1=O. The Hall–Kier alpha value is -6.77. The monoisotopic (exact) mass is 1900 g/mol.